The summed E-state index contributed by atoms with van der Waals surface area (Å²) in [5.74, 6) is 1.31. The molecule has 1 aliphatic carbocycles. The highest BCUT2D eigenvalue weighted by Crippen LogP contribution is 2.21. The van der Waals surface area contributed by atoms with Crippen molar-refractivity contribution in [3.63, 3.8) is 0 Å². The Morgan fingerprint density at radius 1 is 1.27 bits per heavy atom. The lowest BCUT2D eigenvalue weighted by molar-refractivity contribution is -0.148. The average molecular weight is 425 g/mol. The molecule has 0 radical (unpaired) electrons. The van der Waals surface area contributed by atoms with Crippen LogP contribution in [0.15, 0.2) is 4.99 Å². The molecule has 0 aromatic carbocycles. The maximum Gasteiger partial charge on any atom is 0.306 e. The molecule has 0 spiro atoms. The molecule has 1 rings (SSSR count). The standard InChI is InChI=1S/C16H31N3O2.HI/c1-4-17-16(19-12-13(2)3)18-11-7-10-15(20)21-14-8-5-6-9-14;/h13-14H,4-12H2,1-3H3,(H2,17,18,19);1H. The smallest absolute Gasteiger partial charge is 0.306 e. The van der Waals surface area contributed by atoms with Gasteiger partial charge in [0, 0.05) is 26.1 Å². The number of hydrogen-bond donors (Lipinski definition) is 2. The van der Waals surface area contributed by atoms with Gasteiger partial charge in [-0.1, -0.05) is 13.8 Å². The van der Waals surface area contributed by atoms with Gasteiger partial charge in [-0.2, -0.15) is 0 Å². The molecule has 0 aliphatic heterocycles. The number of nitrogens with zero attached hydrogens (tertiary/aromatic N) is 1. The van der Waals surface area contributed by atoms with E-state index in [0.29, 0.717) is 12.3 Å². The molecule has 0 aromatic heterocycles. The van der Waals surface area contributed by atoms with Crippen molar-refractivity contribution in [2.75, 3.05) is 19.6 Å². The molecule has 5 nitrogen and oxygen atoms in total. The minimum Gasteiger partial charge on any atom is -0.462 e. The Hall–Kier alpha value is -0.530. The summed E-state index contributed by atoms with van der Waals surface area (Å²) in [5.41, 5.74) is 0. The fourth-order valence-corrected chi connectivity index (χ4v) is 2.31. The van der Waals surface area contributed by atoms with E-state index in [2.05, 4.69) is 29.5 Å². The maximum absolute atomic E-state index is 11.7. The molecule has 0 unspecified atom stereocenters. The van der Waals surface area contributed by atoms with Crippen molar-refractivity contribution in [3.05, 3.63) is 0 Å². The molecule has 0 bridgehead atoms. The molecular weight excluding hydrogens is 393 g/mol. The molecule has 1 aliphatic rings. The van der Waals surface area contributed by atoms with E-state index >= 15 is 0 Å². The molecule has 130 valence electrons. The van der Waals surface area contributed by atoms with Crippen LogP contribution in [0, 0.1) is 5.92 Å². The molecule has 0 saturated heterocycles. The number of guanidine groups is 1. The summed E-state index contributed by atoms with van der Waals surface area (Å²) in [7, 11) is 0. The van der Waals surface area contributed by atoms with Gasteiger partial charge in [0.25, 0.3) is 0 Å². The van der Waals surface area contributed by atoms with Crippen LogP contribution in [-0.2, 0) is 9.53 Å². The van der Waals surface area contributed by atoms with Gasteiger partial charge in [-0.3, -0.25) is 9.79 Å². The largest absolute Gasteiger partial charge is 0.462 e. The van der Waals surface area contributed by atoms with Crippen LogP contribution >= 0.6 is 24.0 Å². The van der Waals surface area contributed by atoms with Crippen LogP contribution in [0.4, 0.5) is 0 Å². The Kier molecular flexibility index (Phi) is 12.6. The molecule has 0 amide bonds. The number of carbonyl (C=O) groups excluding carboxylic acids is 1. The van der Waals surface area contributed by atoms with Crippen molar-refractivity contribution in [1.29, 1.82) is 0 Å². The van der Waals surface area contributed by atoms with Crippen LogP contribution in [0.5, 0.6) is 0 Å². The van der Waals surface area contributed by atoms with Crippen LogP contribution in [0.25, 0.3) is 0 Å². The highest BCUT2D eigenvalue weighted by molar-refractivity contribution is 14.0. The third-order valence-corrected chi connectivity index (χ3v) is 3.41. The van der Waals surface area contributed by atoms with Crippen molar-refractivity contribution in [2.24, 2.45) is 10.9 Å². The number of nitrogens with one attached hydrogen (secondary N) is 2. The number of esters is 1. The third kappa shape index (κ3) is 10.2. The van der Waals surface area contributed by atoms with Crippen LogP contribution in [0.2, 0.25) is 0 Å². The normalized spacial score (nSPS) is 15.5. The Bertz CT molecular complexity index is 329. The van der Waals surface area contributed by atoms with Gasteiger partial charge < -0.3 is 15.4 Å². The summed E-state index contributed by atoms with van der Waals surface area (Å²) in [5, 5.41) is 6.46. The van der Waals surface area contributed by atoms with E-state index in [1.165, 1.54) is 12.8 Å². The molecule has 1 fully saturated rings. The van der Waals surface area contributed by atoms with Gasteiger partial charge in [0.1, 0.15) is 6.10 Å². The van der Waals surface area contributed by atoms with Gasteiger partial charge in [0.05, 0.1) is 0 Å². The summed E-state index contributed by atoms with van der Waals surface area (Å²) in [6.45, 7) is 8.72. The first-order valence-corrected chi connectivity index (χ1v) is 8.33. The highest BCUT2D eigenvalue weighted by atomic mass is 127. The molecule has 1 saturated carbocycles. The Balaban J connectivity index is 0.00000441. The SMILES string of the molecule is CCNC(=NCC(C)C)NCCCC(=O)OC1CCCC1.I. The number of carbonyl (C=O) groups is 1. The Morgan fingerprint density at radius 2 is 1.95 bits per heavy atom. The molecule has 6 heteroatoms. The van der Waals surface area contributed by atoms with Gasteiger partial charge in [-0.15, -0.1) is 24.0 Å². The summed E-state index contributed by atoms with van der Waals surface area (Å²) < 4.78 is 5.43. The number of rotatable bonds is 8. The molecule has 0 atom stereocenters. The van der Waals surface area contributed by atoms with Crippen LogP contribution in [0.1, 0.15) is 59.3 Å². The van der Waals surface area contributed by atoms with Crippen LogP contribution in [-0.4, -0.2) is 37.7 Å². The minimum absolute atomic E-state index is 0. The summed E-state index contributed by atoms with van der Waals surface area (Å²) >= 11 is 0. The first kappa shape index (κ1) is 21.5. The van der Waals surface area contributed by atoms with Gasteiger partial charge in [-0.25, -0.2) is 0 Å². The van der Waals surface area contributed by atoms with Crippen molar-refractivity contribution in [3.8, 4) is 0 Å². The van der Waals surface area contributed by atoms with E-state index in [-0.39, 0.29) is 36.0 Å². The molecule has 22 heavy (non-hydrogen) atoms. The second-order valence-corrected chi connectivity index (χ2v) is 6.04. The van der Waals surface area contributed by atoms with Gasteiger partial charge in [0.2, 0.25) is 0 Å². The lowest BCUT2D eigenvalue weighted by Crippen LogP contribution is -2.38. The lowest BCUT2D eigenvalue weighted by atomic mass is 10.2. The molecular formula is C16H32IN3O2. The molecule has 0 aromatic rings. The summed E-state index contributed by atoms with van der Waals surface area (Å²) in [6.07, 6.45) is 5.89. The minimum atomic E-state index is -0.0622. The number of ether oxygens (including phenoxy) is 1. The van der Waals surface area contributed by atoms with E-state index < -0.39 is 0 Å². The number of aliphatic imine (C=N–C) groups is 1. The predicted octanol–water partition coefficient (Wildman–Crippen LogP) is 3.08. The Labute approximate surface area is 152 Å². The third-order valence-electron chi connectivity index (χ3n) is 3.41. The average Bonchev–Trinajstić information content (AvgIpc) is 2.93. The maximum atomic E-state index is 11.7. The highest BCUT2D eigenvalue weighted by Gasteiger charge is 2.18. The van der Waals surface area contributed by atoms with E-state index in [1.807, 2.05) is 6.92 Å². The second kappa shape index (κ2) is 13.0. The zero-order chi connectivity index (χ0) is 15.5. The number of halogens is 1. The first-order chi connectivity index (χ1) is 10.1. The second-order valence-electron chi connectivity index (χ2n) is 6.04. The lowest BCUT2D eigenvalue weighted by Gasteiger charge is -2.13. The quantitative estimate of drug-likeness (QED) is 0.206. The van der Waals surface area contributed by atoms with E-state index in [0.717, 1.165) is 44.9 Å². The summed E-state index contributed by atoms with van der Waals surface area (Å²) in [6, 6.07) is 0. The number of hydrogen-bond acceptors (Lipinski definition) is 3. The van der Waals surface area contributed by atoms with E-state index in [4.69, 9.17) is 4.74 Å². The molecule has 0 heterocycles. The van der Waals surface area contributed by atoms with Gasteiger partial charge in [-0.05, 0) is 44.9 Å². The fraction of sp³-hybridized carbons (Fsp3) is 0.875. The first-order valence-electron chi connectivity index (χ1n) is 8.33. The summed E-state index contributed by atoms with van der Waals surface area (Å²) in [4.78, 5) is 16.2. The van der Waals surface area contributed by atoms with E-state index in [9.17, 15) is 4.79 Å². The fourth-order valence-electron chi connectivity index (χ4n) is 2.31. The van der Waals surface area contributed by atoms with Crippen LogP contribution in [0.3, 0.4) is 0 Å². The topological polar surface area (TPSA) is 62.7 Å². The van der Waals surface area contributed by atoms with Gasteiger partial charge >= 0.3 is 5.97 Å². The van der Waals surface area contributed by atoms with Crippen molar-refractivity contribution in [1.82, 2.24) is 10.6 Å². The monoisotopic (exact) mass is 425 g/mol. The van der Waals surface area contributed by atoms with Gasteiger partial charge in [0.15, 0.2) is 5.96 Å². The van der Waals surface area contributed by atoms with Crippen molar-refractivity contribution < 1.29 is 9.53 Å². The zero-order valence-corrected chi connectivity index (χ0v) is 16.5. The van der Waals surface area contributed by atoms with Crippen molar-refractivity contribution >= 4 is 35.9 Å². The zero-order valence-electron chi connectivity index (χ0n) is 14.2. The van der Waals surface area contributed by atoms with Crippen molar-refractivity contribution in [2.45, 2.75) is 65.4 Å². The molecule has 2 N–H and O–H groups in total. The van der Waals surface area contributed by atoms with E-state index in [1.54, 1.807) is 0 Å². The van der Waals surface area contributed by atoms with Crippen LogP contribution < -0.4 is 10.6 Å². The Morgan fingerprint density at radius 3 is 2.55 bits per heavy atom. The predicted molar refractivity (Wildman–Crippen MR) is 102 cm³/mol.